The number of hydrazine groups is 1. The van der Waals surface area contributed by atoms with Crippen LogP contribution in [0, 0.1) is 10.8 Å². The highest BCUT2D eigenvalue weighted by atomic mass is 15.6. The predicted octanol–water partition coefficient (Wildman–Crippen LogP) is 5.98. The van der Waals surface area contributed by atoms with Crippen LogP contribution in [0.15, 0.2) is 0 Å². The van der Waals surface area contributed by atoms with E-state index in [0.717, 1.165) is 13.1 Å². The van der Waals surface area contributed by atoms with Gasteiger partial charge in [-0.2, -0.15) is 0 Å². The molecule has 0 rings (SSSR count). The van der Waals surface area contributed by atoms with Crippen molar-refractivity contribution in [1.29, 1.82) is 0 Å². The van der Waals surface area contributed by atoms with Crippen LogP contribution in [0.4, 0.5) is 0 Å². The molecular formula is C20H44N2. The maximum Gasteiger partial charge on any atom is 0.0182 e. The zero-order chi connectivity index (χ0) is 17.2. The standard InChI is InChI=1S/C20H44N2/c1-9-11-13-15-21(16-14-12-10-2)22(17-19(3,4)5)18-20(6,7)8/h9-18H2,1-8H3. The molecule has 22 heavy (non-hydrogen) atoms. The second-order valence-corrected chi connectivity index (χ2v) is 9.31. The molecule has 134 valence electrons. The van der Waals surface area contributed by atoms with Crippen LogP contribution in [0.1, 0.15) is 93.9 Å². The second kappa shape index (κ2) is 10.6. The summed E-state index contributed by atoms with van der Waals surface area (Å²) in [5, 5.41) is 5.33. The molecule has 0 heterocycles. The van der Waals surface area contributed by atoms with Gasteiger partial charge < -0.3 is 0 Å². The van der Waals surface area contributed by atoms with Crippen molar-refractivity contribution in [3.05, 3.63) is 0 Å². The SMILES string of the molecule is CCCCCN(CCCCC)N(CC(C)(C)C)CC(C)(C)C. The summed E-state index contributed by atoms with van der Waals surface area (Å²) in [6.45, 7) is 23.5. The van der Waals surface area contributed by atoms with Crippen LogP contribution in [0.25, 0.3) is 0 Å². The Labute approximate surface area is 141 Å². The molecule has 0 aromatic heterocycles. The summed E-state index contributed by atoms with van der Waals surface area (Å²) in [6.07, 6.45) is 7.97. The fourth-order valence-corrected chi connectivity index (χ4v) is 2.83. The Morgan fingerprint density at radius 3 is 1.18 bits per heavy atom. The lowest BCUT2D eigenvalue weighted by Crippen LogP contribution is -2.50. The van der Waals surface area contributed by atoms with Gasteiger partial charge in [-0.1, -0.05) is 81.1 Å². The van der Waals surface area contributed by atoms with Crippen molar-refractivity contribution in [3.63, 3.8) is 0 Å². The molecule has 0 unspecified atom stereocenters. The third kappa shape index (κ3) is 12.5. The Balaban J connectivity index is 4.87. The molecule has 0 N–H and O–H groups in total. The van der Waals surface area contributed by atoms with Gasteiger partial charge in [0, 0.05) is 26.2 Å². The molecule has 0 aliphatic carbocycles. The average molecular weight is 313 g/mol. The maximum absolute atomic E-state index is 2.67. The minimum atomic E-state index is 0.346. The monoisotopic (exact) mass is 312 g/mol. The normalized spacial score (nSPS) is 13.4. The summed E-state index contributed by atoms with van der Waals surface area (Å²) >= 11 is 0. The zero-order valence-corrected chi connectivity index (χ0v) is 17.0. The maximum atomic E-state index is 2.67. The van der Waals surface area contributed by atoms with Gasteiger partial charge >= 0.3 is 0 Å². The molecule has 0 saturated carbocycles. The Morgan fingerprint density at radius 1 is 0.545 bits per heavy atom. The van der Waals surface area contributed by atoms with Gasteiger partial charge in [0.05, 0.1) is 0 Å². The van der Waals surface area contributed by atoms with Crippen LogP contribution in [-0.4, -0.2) is 36.2 Å². The lowest BCUT2D eigenvalue weighted by atomic mass is 9.93. The van der Waals surface area contributed by atoms with Crippen molar-refractivity contribution in [3.8, 4) is 0 Å². The average Bonchev–Trinajstić information content (AvgIpc) is 2.33. The molecular weight excluding hydrogens is 268 g/mol. The first-order valence-corrected chi connectivity index (χ1v) is 9.59. The van der Waals surface area contributed by atoms with Gasteiger partial charge in [-0.3, -0.25) is 0 Å². The van der Waals surface area contributed by atoms with Gasteiger partial charge in [0.25, 0.3) is 0 Å². The Hall–Kier alpha value is -0.0800. The van der Waals surface area contributed by atoms with E-state index < -0.39 is 0 Å². The Bertz CT molecular complexity index is 234. The van der Waals surface area contributed by atoms with Crippen LogP contribution in [0.3, 0.4) is 0 Å². The van der Waals surface area contributed by atoms with Crippen molar-refractivity contribution < 1.29 is 0 Å². The number of hydrogen-bond acceptors (Lipinski definition) is 2. The van der Waals surface area contributed by atoms with E-state index in [-0.39, 0.29) is 0 Å². The van der Waals surface area contributed by atoms with E-state index in [1.165, 1.54) is 51.6 Å². The van der Waals surface area contributed by atoms with Gasteiger partial charge in [-0.15, -0.1) is 0 Å². The number of rotatable bonds is 11. The van der Waals surface area contributed by atoms with Gasteiger partial charge in [0.2, 0.25) is 0 Å². The van der Waals surface area contributed by atoms with Crippen molar-refractivity contribution in [1.82, 2.24) is 10.0 Å². The van der Waals surface area contributed by atoms with E-state index in [1.54, 1.807) is 0 Å². The summed E-state index contributed by atoms with van der Waals surface area (Å²) in [6, 6.07) is 0. The topological polar surface area (TPSA) is 6.48 Å². The van der Waals surface area contributed by atoms with Crippen molar-refractivity contribution >= 4 is 0 Å². The molecule has 2 heteroatoms. The van der Waals surface area contributed by atoms with Crippen LogP contribution in [-0.2, 0) is 0 Å². The minimum Gasteiger partial charge on any atom is -0.242 e. The van der Waals surface area contributed by atoms with E-state index in [4.69, 9.17) is 0 Å². The summed E-state index contributed by atoms with van der Waals surface area (Å²) in [5.41, 5.74) is 0.692. The molecule has 0 bridgehead atoms. The summed E-state index contributed by atoms with van der Waals surface area (Å²) in [5.74, 6) is 0. The van der Waals surface area contributed by atoms with E-state index >= 15 is 0 Å². The van der Waals surface area contributed by atoms with Crippen molar-refractivity contribution in [2.75, 3.05) is 26.2 Å². The lowest BCUT2D eigenvalue weighted by molar-refractivity contribution is -0.0690. The molecule has 0 radical (unpaired) electrons. The van der Waals surface area contributed by atoms with Gasteiger partial charge in [-0.25, -0.2) is 10.0 Å². The van der Waals surface area contributed by atoms with Gasteiger partial charge in [-0.05, 0) is 23.7 Å². The highest BCUT2D eigenvalue weighted by Gasteiger charge is 2.25. The zero-order valence-electron chi connectivity index (χ0n) is 17.0. The third-order valence-corrected chi connectivity index (χ3v) is 3.75. The first kappa shape index (κ1) is 21.9. The molecule has 0 aliphatic rings. The van der Waals surface area contributed by atoms with E-state index in [0.29, 0.717) is 10.8 Å². The molecule has 0 aliphatic heterocycles. The Morgan fingerprint density at radius 2 is 0.909 bits per heavy atom. The molecule has 0 aromatic rings. The molecule has 0 spiro atoms. The Kier molecular flexibility index (Phi) is 10.6. The van der Waals surface area contributed by atoms with Crippen LogP contribution >= 0.6 is 0 Å². The van der Waals surface area contributed by atoms with Gasteiger partial charge in [0.15, 0.2) is 0 Å². The van der Waals surface area contributed by atoms with Crippen LogP contribution in [0.5, 0.6) is 0 Å². The van der Waals surface area contributed by atoms with Gasteiger partial charge in [0.1, 0.15) is 0 Å². The summed E-state index contributed by atoms with van der Waals surface area (Å²) in [4.78, 5) is 0. The second-order valence-electron chi connectivity index (χ2n) is 9.31. The predicted molar refractivity (Wildman–Crippen MR) is 101 cm³/mol. The number of nitrogens with zero attached hydrogens (tertiary/aromatic N) is 2. The summed E-state index contributed by atoms with van der Waals surface area (Å²) in [7, 11) is 0. The van der Waals surface area contributed by atoms with Crippen LogP contribution < -0.4 is 0 Å². The minimum absolute atomic E-state index is 0.346. The molecule has 2 nitrogen and oxygen atoms in total. The molecule has 0 amide bonds. The van der Waals surface area contributed by atoms with E-state index in [9.17, 15) is 0 Å². The van der Waals surface area contributed by atoms with E-state index in [1.807, 2.05) is 0 Å². The highest BCUT2D eigenvalue weighted by molar-refractivity contribution is 4.74. The van der Waals surface area contributed by atoms with Crippen molar-refractivity contribution in [2.45, 2.75) is 93.9 Å². The number of unbranched alkanes of at least 4 members (excludes halogenated alkanes) is 4. The molecule has 0 aromatic carbocycles. The molecule has 0 saturated heterocycles. The van der Waals surface area contributed by atoms with Crippen molar-refractivity contribution in [2.24, 2.45) is 10.8 Å². The third-order valence-electron chi connectivity index (χ3n) is 3.75. The highest BCUT2D eigenvalue weighted by Crippen LogP contribution is 2.23. The fourth-order valence-electron chi connectivity index (χ4n) is 2.83. The smallest absolute Gasteiger partial charge is 0.0182 e. The summed E-state index contributed by atoms with van der Waals surface area (Å²) < 4.78 is 0. The van der Waals surface area contributed by atoms with E-state index in [2.05, 4.69) is 65.4 Å². The lowest BCUT2D eigenvalue weighted by Gasteiger charge is -2.42. The largest absolute Gasteiger partial charge is 0.242 e. The quantitative estimate of drug-likeness (QED) is 0.342. The fraction of sp³-hybridized carbons (Fsp3) is 1.00. The first-order valence-electron chi connectivity index (χ1n) is 9.59. The van der Waals surface area contributed by atoms with Crippen LogP contribution in [0.2, 0.25) is 0 Å². The molecule has 0 fully saturated rings. The molecule has 0 atom stereocenters. The first-order chi connectivity index (χ1) is 10.1. The number of hydrogen-bond donors (Lipinski definition) is 0.